The lowest BCUT2D eigenvalue weighted by Gasteiger charge is -2.42. The minimum atomic E-state index is -0.132. The van der Waals surface area contributed by atoms with Crippen LogP contribution in [0, 0.1) is 0 Å². The molecule has 3 rings (SSSR count). The van der Waals surface area contributed by atoms with Crippen LogP contribution >= 0.6 is 0 Å². The molecule has 1 fully saturated rings. The first-order valence-electron chi connectivity index (χ1n) is 7.24. The number of nitrogens with one attached hydrogen (secondary N) is 1. The number of hydrogen-bond donors (Lipinski definition) is 2. The summed E-state index contributed by atoms with van der Waals surface area (Å²) in [7, 11) is 1.66. The average Bonchev–Trinajstić information content (AvgIpc) is 2.97. The summed E-state index contributed by atoms with van der Waals surface area (Å²) in [5.74, 6) is 1.33. The molecule has 2 heterocycles. The number of nitrogens with zero attached hydrogens (tertiary/aromatic N) is 1. The second-order valence-electron chi connectivity index (χ2n) is 5.60. The van der Waals surface area contributed by atoms with E-state index in [1.165, 1.54) is 0 Å². The van der Waals surface area contributed by atoms with Gasteiger partial charge >= 0.3 is 0 Å². The molecule has 1 saturated heterocycles. The molecule has 2 N–H and O–H groups in total. The lowest BCUT2D eigenvalue weighted by Crippen LogP contribution is -2.61. The van der Waals surface area contributed by atoms with E-state index in [2.05, 4.69) is 16.5 Å². The van der Waals surface area contributed by atoms with Crippen LogP contribution in [0.4, 0.5) is 0 Å². The predicted octanol–water partition coefficient (Wildman–Crippen LogP) is 1.28. The third kappa shape index (κ3) is 3.30. The summed E-state index contributed by atoms with van der Waals surface area (Å²) in [5.41, 5.74) is 1.85. The smallest absolute Gasteiger partial charge is 0.162 e. The normalized spacial score (nSPS) is 16.3. The lowest BCUT2D eigenvalue weighted by atomic mass is 9.91. The Kier molecular flexibility index (Phi) is 4.42. The first-order chi connectivity index (χ1) is 10.7. The number of hydrogen-bond acceptors (Lipinski definition) is 6. The standard InChI is InChI=1S/C16H20N2O4/c1-20-14-4-2-3-12(5-14)8-17-16(10-21-11-16)7-13-6-15(9-19)22-18-13/h2-6,17,19H,7-11H2,1H3. The van der Waals surface area contributed by atoms with Crippen LogP contribution in [0.2, 0.25) is 0 Å². The number of aliphatic hydroxyl groups excluding tert-OH is 1. The van der Waals surface area contributed by atoms with Crippen molar-refractivity contribution in [1.82, 2.24) is 10.5 Å². The second-order valence-corrected chi connectivity index (χ2v) is 5.60. The van der Waals surface area contributed by atoms with Crippen molar-refractivity contribution in [2.75, 3.05) is 20.3 Å². The number of rotatable bonds is 7. The van der Waals surface area contributed by atoms with Gasteiger partial charge in [0.2, 0.25) is 0 Å². The van der Waals surface area contributed by atoms with Crippen LogP contribution in [0.1, 0.15) is 17.0 Å². The maximum Gasteiger partial charge on any atom is 0.162 e. The van der Waals surface area contributed by atoms with Crippen LogP contribution in [0.15, 0.2) is 34.9 Å². The van der Waals surface area contributed by atoms with E-state index in [1.54, 1.807) is 13.2 Å². The summed E-state index contributed by atoms with van der Waals surface area (Å²) in [4.78, 5) is 0. The van der Waals surface area contributed by atoms with E-state index in [0.717, 1.165) is 23.6 Å². The maximum absolute atomic E-state index is 9.04. The molecule has 1 aromatic carbocycles. The molecule has 6 nitrogen and oxygen atoms in total. The molecule has 2 aromatic rings. The molecule has 1 aliphatic rings. The number of aliphatic hydroxyl groups is 1. The summed E-state index contributed by atoms with van der Waals surface area (Å²) in [5, 5.41) is 16.6. The van der Waals surface area contributed by atoms with Crippen LogP contribution in [0.5, 0.6) is 5.75 Å². The van der Waals surface area contributed by atoms with Crippen molar-refractivity contribution in [3.05, 3.63) is 47.3 Å². The topological polar surface area (TPSA) is 76.8 Å². The van der Waals surface area contributed by atoms with Crippen LogP contribution in [0.3, 0.4) is 0 Å². The van der Waals surface area contributed by atoms with Gasteiger partial charge in [-0.25, -0.2) is 0 Å². The Morgan fingerprint density at radius 3 is 2.86 bits per heavy atom. The van der Waals surface area contributed by atoms with Gasteiger partial charge < -0.3 is 24.4 Å². The summed E-state index contributed by atoms with van der Waals surface area (Å²) >= 11 is 0. The third-order valence-corrected chi connectivity index (χ3v) is 3.84. The minimum absolute atomic E-state index is 0.131. The van der Waals surface area contributed by atoms with Gasteiger partial charge in [0.1, 0.15) is 12.4 Å². The number of ether oxygens (including phenoxy) is 2. The van der Waals surface area contributed by atoms with E-state index in [0.29, 0.717) is 25.4 Å². The first kappa shape index (κ1) is 15.0. The fourth-order valence-electron chi connectivity index (χ4n) is 2.55. The molecule has 0 atom stereocenters. The molecule has 0 unspecified atom stereocenters. The van der Waals surface area contributed by atoms with Crippen LogP contribution in [-0.4, -0.2) is 36.1 Å². The van der Waals surface area contributed by atoms with E-state index in [-0.39, 0.29) is 12.1 Å². The van der Waals surface area contributed by atoms with E-state index >= 15 is 0 Å². The predicted molar refractivity (Wildman–Crippen MR) is 79.5 cm³/mol. The van der Waals surface area contributed by atoms with Crippen molar-refractivity contribution in [3.8, 4) is 5.75 Å². The molecule has 1 aliphatic heterocycles. The summed E-state index contributed by atoms with van der Waals surface area (Å²) in [6.45, 7) is 1.87. The number of benzene rings is 1. The number of methoxy groups -OCH3 is 1. The summed E-state index contributed by atoms with van der Waals surface area (Å²) in [6, 6.07) is 9.76. The van der Waals surface area contributed by atoms with Crippen LogP contribution in [0.25, 0.3) is 0 Å². The Bertz CT molecular complexity index is 622. The molecule has 0 bridgehead atoms. The van der Waals surface area contributed by atoms with Crippen molar-refractivity contribution < 1.29 is 19.1 Å². The van der Waals surface area contributed by atoms with Crippen molar-refractivity contribution in [1.29, 1.82) is 0 Å². The zero-order chi connectivity index (χ0) is 15.4. The Balaban J connectivity index is 1.63. The van der Waals surface area contributed by atoms with Gasteiger partial charge in [-0.1, -0.05) is 17.3 Å². The Morgan fingerprint density at radius 2 is 2.23 bits per heavy atom. The molecule has 6 heteroatoms. The molecular formula is C16H20N2O4. The monoisotopic (exact) mass is 304 g/mol. The summed E-state index contributed by atoms with van der Waals surface area (Å²) in [6.07, 6.45) is 0.709. The molecule has 0 saturated carbocycles. The third-order valence-electron chi connectivity index (χ3n) is 3.84. The minimum Gasteiger partial charge on any atom is -0.497 e. The van der Waals surface area contributed by atoms with Gasteiger partial charge in [-0.3, -0.25) is 0 Å². The van der Waals surface area contributed by atoms with Crippen molar-refractivity contribution in [2.24, 2.45) is 0 Å². The Hall–Kier alpha value is -1.89. The van der Waals surface area contributed by atoms with Crippen LogP contribution in [-0.2, 0) is 24.3 Å². The first-order valence-corrected chi connectivity index (χ1v) is 7.24. The van der Waals surface area contributed by atoms with E-state index < -0.39 is 0 Å². The van der Waals surface area contributed by atoms with Gasteiger partial charge in [0, 0.05) is 19.0 Å². The number of aromatic nitrogens is 1. The maximum atomic E-state index is 9.04. The molecule has 0 aliphatic carbocycles. The van der Waals surface area contributed by atoms with Gasteiger partial charge in [-0.05, 0) is 17.7 Å². The van der Waals surface area contributed by atoms with Gasteiger partial charge in [0.05, 0.1) is 31.6 Å². The zero-order valence-corrected chi connectivity index (χ0v) is 12.5. The molecular weight excluding hydrogens is 284 g/mol. The molecule has 22 heavy (non-hydrogen) atoms. The van der Waals surface area contributed by atoms with Gasteiger partial charge in [0.15, 0.2) is 5.76 Å². The molecule has 0 radical (unpaired) electrons. The molecule has 0 spiro atoms. The van der Waals surface area contributed by atoms with Crippen LogP contribution < -0.4 is 10.1 Å². The van der Waals surface area contributed by atoms with Crippen molar-refractivity contribution in [2.45, 2.75) is 25.1 Å². The highest BCUT2D eigenvalue weighted by Crippen LogP contribution is 2.23. The van der Waals surface area contributed by atoms with E-state index in [4.69, 9.17) is 19.1 Å². The molecule has 1 aromatic heterocycles. The quantitative estimate of drug-likeness (QED) is 0.802. The molecule has 0 amide bonds. The fraction of sp³-hybridized carbons (Fsp3) is 0.438. The zero-order valence-electron chi connectivity index (χ0n) is 12.5. The highest BCUT2D eigenvalue weighted by Gasteiger charge is 2.39. The average molecular weight is 304 g/mol. The Labute approximate surface area is 129 Å². The molecule has 118 valence electrons. The van der Waals surface area contributed by atoms with Crippen molar-refractivity contribution >= 4 is 0 Å². The van der Waals surface area contributed by atoms with Gasteiger partial charge in [0.25, 0.3) is 0 Å². The second kappa shape index (κ2) is 6.48. The van der Waals surface area contributed by atoms with E-state index in [9.17, 15) is 0 Å². The van der Waals surface area contributed by atoms with Gasteiger partial charge in [-0.15, -0.1) is 0 Å². The van der Waals surface area contributed by atoms with Gasteiger partial charge in [-0.2, -0.15) is 0 Å². The van der Waals surface area contributed by atoms with E-state index in [1.807, 2.05) is 18.2 Å². The fourth-order valence-corrected chi connectivity index (χ4v) is 2.55. The highest BCUT2D eigenvalue weighted by molar-refractivity contribution is 5.28. The largest absolute Gasteiger partial charge is 0.497 e. The highest BCUT2D eigenvalue weighted by atomic mass is 16.5. The SMILES string of the molecule is COc1cccc(CNC2(Cc3cc(CO)on3)COC2)c1. The Morgan fingerprint density at radius 1 is 1.36 bits per heavy atom. The lowest BCUT2D eigenvalue weighted by molar-refractivity contribution is -0.0755. The summed E-state index contributed by atoms with van der Waals surface area (Å²) < 4.78 is 15.7. The van der Waals surface area contributed by atoms with Crippen molar-refractivity contribution in [3.63, 3.8) is 0 Å².